The van der Waals surface area contributed by atoms with Crippen LogP contribution < -0.4 is 4.74 Å². The molecule has 1 aliphatic heterocycles. The molecule has 2 rings (SSSR count). The number of halogens is 6. The molecule has 1 aliphatic rings. The van der Waals surface area contributed by atoms with E-state index in [9.17, 15) is 36.2 Å². The fourth-order valence-electron chi connectivity index (χ4n) is 2.80. The van der Waals surface area contributed by atoms with Gasteiger partial charge in [0.25, 0.3) is 6.43 Å². The summed E-state index contributed by atoms with van der Waals surface area (Å²) in [4.78, 5) is 11.4. The molecule has 0 saturated heterocycles. The number of benzene rings is 1. The van der Waals surface area contributed by atoms with Crippen LogP contribution in [0, 0.1) is 11.7 Å². The minimum atomic E-state index is -4.94. The Kier molecular flexibility index (Phi) is 4.91. The average Bonchev–Trinajstić information content (AvgIpc) is 2.79. The maximum absolute atomic E-state index is 14.3. The Balaban J connectivity index is 2.74. The molecular weight excluding hydrogens is 370 g/mol. The SMILES string of the molecule is COc1c(C2=C(C(=O)O)OC(C)(C(F)(F)F)[C@@H]2C)ccc(C(F)F)c1F. The van der Waals surface area contributed by atoms with Crippen molar-refractivity contribution in [1.29, 1.82) is 0 Å². The van der Waals surface area contributed by atoms with Gasteiger partial charge in [0, 0.05) is 17.1 Å². The van der Waals surface area contributed by atoms with Crippen molar-refractivity contribution in [2.45, 2.75) is 32.1 Å². The minimum absolute atomic E-state index is 0.396. The van der Waals surface area contributed by atoms with E-state index in [1.54, 1.807) is 0 Å². The van der Waals surface area contributed by atoms with Crippen molar-refractivity contribution in [1.82, 2.24) is 0 Å². The molecule has 26 heavy (non-hydrogen) atoms. The van der Waals surface area contributed by atoms with Gasteiger partial charge in [0.1, 0.15) is 0 Å². The quantitative estimate of drug-likeness (QED) is 0.774. The van der Waals surface area contributed by atoms with E-state index >= 15 is 0 Å². The van der Waals surface area contributed by atoms with Gasteiger partial charge >= 0.3 is 12.1 Å². The zero-order valence-electron chi connectivity index (χ0n) is 13.7. The van der Waals surface area contributed by atoms with Crippen LogP contribution in [0.3, 0.4) is 0 Å². The molecule has 2 atom stereocenters. The van der Waals surface area contributed by atoms with Gasteiger partial charge in [0.15, 0.2) is 11.6 Å². The van der Waals surface area contributed by atoms with Gasteiger partial charge in [-0.3, -0.25) is 0 Å². The van der Waals surface area contributed by atoms with Gasteiger partial charge in [-0.15, -0.1) is 0 Å². The summed E-state index contributed by atoms with van der Waals surface area (Å²) in [5, 5.41) is 9.23. The Hall–Kier alpha value is -2.39. The summed E-state index contributed by atoms with van der Waals surface area (Å²) in [5.41, 5.74) is -4.80. The fraction of sp³-hybridized carbons (Fsp3) is 0.438. The van der Waals surface area contributed by atoms with Crippen molar-refractivity contribution in [3.8, 4) is 5.75 Å². The molecule has 10 heteroatoms. The highest BCUT2D eigenvalue weighted by atomic mass is 19.4. The fourth-order valence-corrected chi connectivity index (χ4v) is 2.80. The van der Waals surface area contributed by atoms with Crippen LogP contribution in [0.4, 0.5) is 26.3 Å². The second-order valence-corrected chi connectivity index (χ2v) is 5.83. The monoisotopic (exact) mass is 384 g/mol. The number of hydrogen-bond acceptors (Lipinski definition) is 3. The lowest BCUT2D eigenvalue weighted by molar-refractivity contribution is -0.262. The average molecular weight is 384 g/mol. The normalized spacial score (nSPS) is 23.4. The second kappa shape index (κ2) is 6.40. The van der Waals surface area contributed by atoms with Crippen molar-refractivity contribution in [2.24, 2.45) is 5.92 Å². The van der Waals surface area contributed by atoms with Crippen LogP contribution in [0.2, 0.25) is 0 Å². The number of methoxy groups -OCH3 is 1. The van der Waals surface area contributed by atoms with Gasteiger partial charge in [-0.05, 0) is 13.0 Å². The third-order valence-corrected chi connectivity index (χ3v) is 4.43. The molecule has 1 aromatic rings. The standard InChI is InChI=1S/C16H14F6O4/c1-6-9(12(14(23)24)26-15(6,2)16(20,21)22)7-4-5-8(13(18)19)10(17)11(7)25-3/h4-6,13H,1-3H3,(H,23,24)/t6-,15?/m1/s1. The number of ether oxygens (including phenoxy) is 2. The lowest BCUT2D eigenvalue weighted by Crippen LogP contribution is -2.47. The molecule has 0 radical (unpaired) electrons. The molecule has 1 unspecified atom stereocenters. The van der Waals surface area contributed by atoms with Gasteiger partial charge in [-0.2, -0.15) is 13.2 Å². The maximum Gasteiger partial charge on any atom is 0.428 e. The first-order chi connectivity index (χ1) is 11.9. The third kappa shape index (κ3) is 2.86. The molecule has 0 aromatic heterocycles. The number of carboxylic acid groups (broad SMARTS) is 1. The lowest BCUT2D eigenvalue weighted by Gasteiger charge is -2.32. The summed E-state index contributed by atoms with van der Waals surface area (Å²) in [5.74, 6) is -6.68. The second-order valence-electron chi connectivity index (χ2n) is 5.83. The summed E-state index contributed by atoms with van der Waals surface area (Å²) in [6.07, 6.45) is -8.13. The Bertz CT molecular complexity index is 771. The molecule has 0 aliphatic carbocycles. The first kappa shape index (κ1) is 19.9. The van der Waals surface area contributed by atoms with Crippen LogP contribution in [-0.2, 0) is 9.53 Å². The van der Waals surface area contributed by atoms with E-state index in [4.69, 9.17) is 9.47 Å². The molecule has 0 spiro atoms. The van der Waals surface area contributed by atoms with E-state index in [1.807, 2.05) is 0 Å². The summed E-state index contributed by atoms with van der Waals surface area (Å²) in [7, 11) is 0.932. The smallest absolute Gasteiger partial charge is 0.428 e. The molecule has 0 fully saturated rings. The molecule has 0 bridgehead atoms. The zero-order valence-corrected chi connectivity index (χ0v) is 13.7. The number of hydrogen-bond donors (Lipinski definition) is 1. The first-order valence-electron chi connectivity index (χ1n) is 7.24. The molecule has 1 aromatic carbocycles. The largest absolute Gasteiger partial charge is 0.493 e. The molecule has 4 nitrogen and oxygen atoms in total. The van der Waals surface area contributed by atoms with Crippen LogP contribution in [-0.4, -0.2) is 30.0 Å². The van der Waals surface area contributed by atoms with E-state index in [2.05, 4.69) is 0 Å². The number of rotatable bonds is 4. The highest BCUT2D eigenvalue weighted by Gasteiger charge is 2.63. The summed E-state index contributed by atoms with van der Waals surface area (Å²) in [6.45, 7) is 1.71. The summed E-state index contributed by atoms with van der Waals surface area (Å²) >= 11 is 0. The Labute approximate surface area is 144 Å². The zero-order chi connectivity index (χ0) is 20.0. The van der Waals surface area contributed by atoms with Crippen LogP contribution in [0.15, 0.2) is 17.9 Å². The molecule has 144 valence electrons. The predicted octanol–water partition coefficient (Wildman–Crippen LogP) is 4.55. The summed E-state index contributed by atoms with van der Waals surface area (Å²) in [6, 6.07) is 1.56. The van der Waals surface area contributed by atoms with E-state index in [0.29, 0.717) is 13.0 Å². The van der Waals surface area contributed by atoms with E-state index < -0.39 is 64.1 Å². The Morgan fingerprint density at radius 2 is 1.92 bits per heavy atom. The van der Waals surface area contributed by atoms with Crippen LogP contribution in [0.5, 0.6) is 5.75 Å². The van der Waals surface area contributed by atoms with Crippen LogP contribution >= 0.6 is 0 Å². The third-order valence-electron chi connectivity index (χ3n) is 4.43. The maximum atomic E-state index is 14.3. The van der Waals surface area contributed by atoms with Crippen molar-refractivity contribution in [3.05, 3.63) is 34.8 Å². The van der Waals surface area contributed by atoms with Gasteiger partial charge in [0.05, 0.1) is 12.7 Å². The molecule has 1 N–H and O–H groups in total. The van der Waals surface area contributed by atoms with E-state index in [-0.39, 0.29) is 0 Å². The summed E-state index contributed by atoms with van der Waals surface area (Å²) < 4.78 is 89.6. The Morgan fingerprint density at radius 3 is 2.35 bits per heavy atom. The number of carbonyl (C=O) groups is 1. The van der Waals surface area contributed by atoms with E-state index in [1.165, 1.54) is 0 Å². The van der Waals surface area contributed by atoms with Crippen molar-refractivity contribution in [2.75, 3.05) is 7.11 Å². The van der Waals surface area contributed by atoms with Gasteiger partial charge in [-0.1, -0.05) is 13.0 Å². The first-order valence-corrected chi connectivity index (χ1v) is 7.24. The molecular formula is C16H14F6O4. The number of aliphatic carboxylic acids is 1. The minimum Gasteiger partial charge on any atom is -0.493 e. The highest BCUT2D eigenvalue weighted by molar-refractivity contribution is 5.97. The highest BCUT2D eigenvalue weighted by Crippen LogP contribution is 2.53. The lowest BCUT2D eigenvalue weighted by atomic mass is 9.82. The van der Waals surface area contributed by atoms with Crippen LogP contribution in [0.25, 0.3) is 5.57 Å². The van der Waals surface area contributed by atoms with Gasteiger partial charge in [-0.25, -0.2) is 18.0 Å². The molecule has 0 saturated carbocycles. The van der Waals surface area contributed by atoms with Crippen molar-refractivity contribution < 1.29 is 45.7 Å². The topological polar surface area (TPSA) is 55.8 Å². The van der Waals surface area contributed by atoms with Crippen molar-refractivity contribution in [3.63, 3.8) is 0 Å². The molecule has 1 heterocycles. The van der Waals surface area contributed by atoms with Crippen molar-refractivity contribution >= 4 is 11.5 Å². The molecule has 0 amide bonds. The number of alkyl halides is 5. The van der Waals surface area contributed by atoms with Gasteiger partial charge in [0.2, 0.25) is 11.4 Å². The van der Waals surface area contributed by atoms with Crippen LogP contribution in [0.1, 0.15) is 31.4 Å². The Morgan fingerprint density at radius 1 is 1.35 bits per heavy atom. The predicted molar refractivity (Wildman–Crippen MR) is 77.2 cm³/mol. The van der Waals surface area contributed by atoms with Gasteiger partial charge < -0.3 is 14.6 Å². The number of carboxylic acids is 1. The van der Waals surface area contributed by atoms with E-state index in [0.717, 1.165) is 20.1 Å².